The lowest BCUT2D eigenvalue weighted by molar-refractivity contribution is 0.0933. The first-order chi connectivity index (χ1) is 14.5. The molecule has 0 spiro atoms. The van der Waals surface area contributed by atoms with Gasteiger partial charge in [0.15, 0.2) is 5.78 Å². The number of phenols is 2. The number of benzene rings is 1. The van der Waals surface area contributed by atoms with Gasteiger partial charge in [-0.2, -0.15) is 0 Å². The van der Waals surface area contributed by atoms with Crippen LogP contribution in [0.1, 0.15) is 66.1 Å². The molecule has 1 atom stereocenters. The van der Waals surface area contributed by atoms with Gasteiger partial charge in [-0.05, 0) is 19.4 Å². The normalized spacial score (nSPS) is 15.1. The van der Waals surface area contributed by atoms with E-state index in [9.17, 15) is 24.9 Å². The molecule has 1 aromatic carbocycles. The van der Waals surface area contributed by atoms with Crippen LogP contribution in [0, 0.1) is 12.8 Å². The fourth-order valence-corrected chi connectivity index (χ4v) is 3.85. The van der Waals surface area contributed by atoms with Crippen LogP contribution in [0.25, 0.3) is 0 Å². The van der Waals surface area contributed by atoms with E-state index in [0.717, 1.165) is 0 Å². The molecule has 31 heavy (non-hydrogen) atoms. The molecule has 1 unspecified atom stereocenters. The highest BCUT2D eigenvalue weighted by Gasteiger charge is 2.36. The van der Waals surface area contributed by atoms with Crippen molar-refractivity contribution in [2.45, 2.75) is 60.0 Å². The molecule has 0 saturated carbocycles. The number of rotatable bonds is 6. The largest absolute Gasteiger partial charge is 0.507 e. The van der Waals surface area contributed by atoms with Crippen molar-refractivity contribution in [3.05, 3.63) is 56.1 Å². The smallest absolute Gasteiger partial charge is 0.343 e. The third-order valence-corrected chi connectivity index (χ3v) is 5.76. The van der Waals surface area contributed by atoms with Gasteiger partial charge in [-0.25, -0.2) is 4.79 Å². The molecule has 7 nitrogen and oxygen atoms in total. The number of phenolic OH excluding ortho intramolecular Hbond substituents is 2. The summed E-state index contributed by atoms with van der Waals surface area (Å²) in [6, 6.07) is 0. The van der Waals surface area contributed by atoms with Gasteiger partial charge in [0.25, 0.3) is 0 Å². The second-order valence-corrected chi connectivity index (χ2v) is 8.33. The summed E-state index contributed by atoms with van der Waals surface area (Å²) in [6.45, 7) is 12.4. The second-order valence-electron chi connectivity index (χ2n) is 8.33. The van der Waals surface area contributed by atoms with Gasteiger partial charge in [-0.3, -0.25) is 4.79 Å². The summed E-state index contributed by atoms with van der Waals surface area (Å²) in [4.78, 5) is 25.3. The molecule has 0 amide bonds. The lowest BCUT2D eigenvalue weighted by Gasteiger charge is -2.18. The molecule has 7 heteroatoms. The molecule has 1 aromatic heterocycles. The zero-order valence-electron chi connectivity index (χ0n) is 18.5. The van der Waals surface area contributed by atoms with Crippen LogP contribution in [-0.2, 0) is 19.3 Å². The number of hydrogen-bond donors (Lipinski definition) is 3. The first-order valence-corrected chi connectivity index (χ1v) is 10.3. The Morgan fingerprint density at radius 3 is 2.35 bits per heavy atom. The van der Waals surface area contributed by atoms with Gasteiger partial charge < -0.3 is 24.5 Å². The van der Waals surface area contributed by atoms with Crippen molar-refractivity contribution in [3.8, 4) is 23.0 Å². The van der Waals surface area contributed by atoms with Crippen molar-refractivity contribution in [2.24, 2.45) is 5.92 Å². The fraction of sp³-hybridized carbons (Fsp3) is 0.417. The van der Waals surface area contributed by atoms with Crippen LogP contribution in [0.2, 0.25) is 0 Å². The average molecular weight is 428 g/mol. The van der Waals surface area contributed by atoms with Crippen LogP contribution in [0.5, 0.6) is 23.0 Å². The predicted octanol–water partition coefficient (Wildman–Crippen LogP) is 3.94. The molecular weight excluding hydrogens is 400 g/mol. The molecule has 0 radical (unpaired) electrons. The van der Waals surface area contributed by atoms with Crippen LogP contribution in [0.15, 0.2) is 21.4 Å². The van der Waals surface area contributed by atoms with E-state index >= 15 is 0 Å². The van der Waals surface area contributed by atoms with Gasteiger partial charge in [0.05, 0.1) is 5.56 Å². The van der Waals surface area contributed by atoms with Crippen molar-refractivity contribution in [3.63, 3.8) is 0 Å². The minimum Gasteiger partial charge on any atom is -0.507 e. The Hall–Kier alpha value is -3.22. The number of carbonyl (C=O) groups is 1. The van der Waals surface area contributed by atoms with Gasteiger partial charge in [0.1, 0.15) is 40.4 Å². The van der Waals surface area contributed by atoms with E-state index in [1.165, 1.54) is 0 Å². The molecule has 0 saturated heterocycles. The lowest BCUT2D eigenvalue weighted by Crippen LogP contribution is -2.15. The molecule has 1 aliphatic heterocycles. The Kier molecular flexibility index (Phi) is 5.89. The van der Waals surface area contributed by atoms with E-state index in [-0.39, 0.29) is 46.8 Å². The van der Waals surface area contributed by atoms with Crippen molar-refractivity contribution >= 4 is 5.78 Å². The third kappa shape index (κ3) is 3.69. The fourth-order valence-electron chi connectivity index (χ4n) is 3.85. The molecule has 0 aliphatic carbocycles. The summed E-state index contributed by atoms with van der Waals surface area (Å²) in [7, 11) is 0. The Balaban J connectivity index is 2.27. The van der Waals surface area contributed by atoms with E-state index in [2.05, 4.69) is 6.58 Å². The number of fused-ring (bicyclic) bond motifs is 1. The van der Waals surface area contributed by atoms with E-state index < -0.39 is 29.2 Å². The second kappa shape index (κ2) is 8.13. The predicted molar refractivity (Wildman–Crippen MR) is 115 cm³/mol. The molecule has 3 N–H and O–H groups in total. The van der Waals surface area contributed by atoms with Crippen molar-refractivity contribution in [2.75, 3.05) is 0 Å². The van der Waals surface area contributed by atoms with E-state index in [1.54, 1.807) is 34.6 Å². The van der Waals surface area contributed by atoms with Crippen molar-refractivity contribution in [1.29, 1.82) is 0 Å². The monoisotopic (exact) mass is 428 g/mol. The standard InChI is InChI=1S/C24H28O7/c1-7-16-12(6)20(26)15(24(29)31-16)8-13-21(27)18(19(25)11(4)5)22(28)14-9-17(10(2)3)30-23(13)14/h11,17,26-28H,2,7-9H2,1,3-6H3. The summed E-state index contributed by atoms with van der Waals surface area (Å²) >= 11 is 0. The Bertz CT molecular complexity index is 1140. The Labute approximate surface area is 180 Å². The number of hydrogen-bond acceptors (Lipinski definition) is 7. The van der Waals surface area contributed by atoms with E-state index in [1.807, 2.05) is 0 Å². The number of aryl methyl sites for hydroxylation is 1. The van der Waals surface area contributed by atoms with Crippen LogP contribution in [0.4, 0.5) is 0 Å². The molecule has 0 fully saturated rings. The van der Waals surface area contributed by atoms with Gasteiger partial charge in [-0.1, -0.05) is 27.4 Å². The van der Waals surface area contributed by atoms with E-state index in [4.69, 9.17) is 9.15 Å². The summed E-state index contributed by atoms with van der Waals surface area (Å²) < 4.78 is 11.3. The maximum atomic E-state index is 12.8. The zero-order chi connectivity index (χ0) is 23.2. The maximum absolute atomic E-state index is 12.8. The molecule has 1 aliphatic rings. The summed E-state index contributed by atoms with van der Waals surface area (Å²) in [6.07, 6.45) is 0.0360. The summed E-state index contributed by atoms with van der Waals surface area (Å²) in [5.74, 6) is -1.36. The first-order valence-electron chi connectivity index (χ1n) is 10.3. The van der Waals surface area contributed by atoms with Gasteiger partial charge in [0, 0.05) is 41.9 Å². The van der Waals surface area contributed by atoms with Gasteiger partial charge in [-0.15, -0.1) is 0 Å². The quantitative estimate of drug-likeness (QED) is 0.471. The number of aromatic hydroxyl groups is 3. The zero-order valence-corrected chi connectivity index (χ0v) is 18.5. The minimum absolute atomic E-state index is 0.0526. The van der Waals surface area contributed by atoms with Crippen LogP contribution < -0.4 is 10.4 Å². The van der Waals surface area contributed by atoms with Crippen molar-refractivity contribution in [1.82, 2.24) is 0 Å². The van der Waals surface area contributed by atoms with Crippen LogP contribution in [0.3, 0.4) is 0 Å². The number of ketones is 1. The number of carbonyl (C=O) groups excluding carboxylic acids is 1. The average Bonchev–Trinajstić information content (AvgIpc) is 3.16. The van der Waals surface area contributed by atoms with Gasteiger partial charge >= 0.3 is 5.63 Å². The Morgan fingerprint density at radius 2 is 1.81 bits per heavy atom. The Morgan fingerprint density at radius 1 is 1.16 bits per heavy atom. The highest BCUT2D eigenvalue weighted by molar-refractivity contribution is 6.03. The summed E-state index contributed by atoms with van der Waals surface area (Å²) in [5, 5.41) is 32.4. The highest BCUT2D eigenvalue weighted by atomic mass is 16.5. The lowest BCUT2D eigenvalue weighted by atomic mass is 9.90. The topological polar surface area (TPSA) is 117 Å². The highest BCUT2D eigenvalue weighted by Crippen LogP contribution is 2.49. The van der Waals surface area contributed by atoms with Crippen LogP contribution in [-0.4, -0.2) is 27.2 Å². The van der Waals surface area contributed by atoms with Crippen LogP contribution >= 0.6 is 0 Å². The number of ether oxygens (including phenoxy) is 1. The first kappa shape index (κ1) is 22.5. The molecule has 3 rings (SSSR count). The summed E-state index contributed by atoms with van der Waals surface area (Å²) in [5.41, 5.74) is 0.674. The maximum Gasteiger partial charge on any atom is 0.343 e. The number of Topliss-reactive ketones (excluding diaryl/α,β-unsaturated/α-hetero) is 1. The van der Waals surface area contributed by atoms with E-state index in [0.29, 0.717) is 28.9 Å². The third-order valence-electron chi connectivity index (χ3n) is 5.76. The molecule has 166 valence electrons. The molecule has 0 bridgehead atoms. The molecular formula is C24H28O7. The SMILES string of the molecule is C=C(C)C1Cc2c(O)c(C(=O)C(C)C)c(O)c(Cc3c(O)c(C)c(CC)oc3=O)c2O1. The molecule has 2 heterocycles. The minimum atomic E-state index is -0.729. The van der Waals surface area contributed by atoms with Crippen molar-refractivity contribution < 1.29 is 29.3 Å². The van der Waals surface area contributed by atoms with Gasteiger partial charge in [0.2, 0.25) is 0 Å². The molecule has 2 aromatic rings.